The lowest BCUT2D eigenvalue weighted by atomic mass is 9.33. The number of rotatable bonds is 4. The van der Waals surface area contributed by atoms with Crippen LogP contribution in [-0.2, 0) is 16.2 Å². The van der Waals surface area contributed by atoms with Crippen LogP contribution in [0.25, 0.3) is 38.3 Å². The monoisotopic (exact) mass is 892 g/mol. The van der Waals surface area contributed by atoms with Gasteiger partial charge in [-0.1, -0.05) is 165 Å². The van der Waals surface area contributed by atoms with Crippen molar-refractivity contribution in [3.05, 3.63) is 199 Å². The number of nitrogens with zero attached hydrogens (tertiary/aromatic N) is 4. The second-order valence-corrected chi connectivity index (χ2v) is 22.7. The van der Waals surface area contributed by atoms with E-state index in [1.165, 1.54) is 99.8 Å². The van der Waals surface area contributed by atoms with Gasteiger partial charge >= 0.3 is 0 Å². The van der Waals surface area contributed by atoms with Crippen LogP contribution in [0.5, 0.6) is 0 Å². The molecular formula is C64H57BN4. The average molecular weight is 893 g/mol. The van der Waals surface area contributed by atoms with Crippen LogP contribution >= 0.6 is 0 Å². The number of hydrogen-bond acceptors (Lipinski definition) is 3. The number of anilines is 9. The molecule has 69 heavy (non-hydrogen) atoms. The Hall–Kier alpha value is -7.50. The van der Waals surface area contributed by atoms with E-state index in [1.54, 1.807) is 0 Å². The molecule has 4 nitrogen and oxygen atoms in total. The van der Waals surface area contributed by atoms with E-state index in [-0.39, 0.29) is 23.0 Å². The molecule has 10 aromatic rings. The van der Waals surface area contributed by atoms with Gasteiger partial charge in [0.25, 0.3) is 6.71 Å². The number of benzene rings is 9. The summed E-state index contributed by atoms with van der Waals surface area (Å²) in [6.07, 6.45) is 0. The van der Waals surface area contributed by atoms with Crippen LogP contribution in [0.1, 0.15) is 79.0 Å². The van der Waals surface area contributed by atoms with E-state index in [0.29, 0.717) is 0 Å². The summed E-state index contributed by atoms with van der Waals surface area (Å²) >= 11 is 0. The lowest BCUT2D eigenvalue weighted by Gasteiger charge is -2.47. The molecule has 0 unspecified atom stereocenters. The van der Waals surface area contributed by atoms with Gasteiger partial charge in [-0.25, -0.2) is 0 Å². The Kier molecular flexibility index (Phi) is 8.76. The quantitative estimate of drug-likeness (QED) is 0.164. The minimum atomic E-state index is -0.135. The number of para-hydroxylation sites is 3. The molecule has 1 aromatic heterocycles. The normalized spacial score (nSPS) is 13.8. The van der Waals surface area contributed by atoms with Gasteiger partial charge in [0.15, 0.2) is 0 Å². The third-order valence-electron chi connectivity index (χ3n) is 15.3. The van der Waals surface area contributed by atoms with Crippen molar-refractivity contribution in [2.75, 3.05) is 14.7 Å². The third kappa shape index (κ3) is 6.22. The second-order valence-electron chi connectivity index (χ2n) is 22.7. The highest BCUT2D eigenvalue weighted by Crippen LogP contribution is 2.53. The summed E-state index contributed by atoms with van der Waals surface area (Å²) in [6.45, 7) is 20.8. The molecule has 0 bridgehead atoms. The fraction of sp³-hybridized carbons (Fsp3) is 0.188. The summed E-state index contributed by atoms with van der Waals surface area (Å²) in [7, 11) is 0. The Morgan fingerprint density at radius 3 is 1.65 bits per heavy atom. The number of fused-ring (bicyclic) bond motifs is 10. The number of aromatic nitrogens is 1. The van der Waals surface area contributed by atoms with Crippen molar-refractivity contribution in [1.82, 2.24) is 4.57 Å². The molecule has 0 spiro atoms. The van der Waals surface area contributed by atoms with E-state index in [4.69, 9.17) is 0 Å². The first-order valence-electron chi connectivity index (χ1n) is 24.7. The van der Waals surface area contributed by atoms with Gasteiger partial charge in [0, 0.05) is 50.6 Å². The predicted molar refractivity (Wildman–Crippen MR) is 297 cm³/mol. The molecule has 0 fully saturated rings. The van der Waals surface area contributed by atoms with Crippen LogP contribution in [0.4, 0.5) is 51.2 Å². The van der Waals surface area contributed by atoms with Crippen molar-refractivity contribution in [1.29, 1.82) is 0 Å². The molecule has 0 saturated carbocycles. The zero-order chi connectivity index (χ0) is 47.3. The van der Waals surface area contributed by atoms with Crippen molar-refractivity contribution < 1.29 is 0 Å². The fourth-order valence-corrected chi connectivity index (χ4v) is 11.7. The van der Waals surface area contributed by atoms with E-state index >= 15 is 0 Å². The van der Waals surface area contributed by atoms with Gasteiger partial charge in [0.1, 0.15) is 0 Å². The van der Waals surface area contributed by atoms with Crippen molar-refractivity contribution in [3.8, 4) is 5.69 Å². The maximum Gasteiger partial charge on any atom is 0.252 e. The highest BCUT2D eigenvalue weighted by atomic mass is 15.2. The molecule has 336 valence electrons. The molecule has 3 aliphatic rings. The van der Waals surface area contributed by atoms with Gasteiger partial charge in [-0.3, -0.25) is 0 Å². The number of hydrogen-bond donors (Lipinski definition) is 0. The van der Waals surface area contributed by atoms with Gasteiger partial charge in [-0.15, -0.1) is 0 Å². The van der Waals surface area contributed by atoms with Crippen LogP contribution in [0.3, 0.4) is 0 Å². The van der Waals surface area contributed by atoms with Crippen molar-refractivity contribution in [3.63, 3.8) is 0 Å². The summed E-state index contributed by atoms with van der Waals surface area (Å²) in [5.41, 5.74) is 22.3. The van der Waals surface area contributed by atoms with Crippen LogP contribution in [-0.4, -0.2) is 11.3 Å². The molecule has 0 radical (unpaired) electrons. The van der Waals surface area contributed by atoms with E-state index < -0.39 is 0 Å². The standard InChI is InChI=1S/C64H57BN4/c1-62(2,3)42-25-30-45(31-26-42)66(46-32-27-43(28-33-46)63(4,5)6)48-34-35-51-56(39-48)67(47-29-24-40-16-10-11-17-41(40)36-47)57-37-44(64(7,8)9)38-58-59(57)65(51)52-20-15-23-55-61(52)69(58)54-22-14-19-50-49-18-12-13-21-53(49)68(55)60(50)54/h10-39H,1-9H3. The first-order chi connectivity index (χ1) is 33.1. The minimum absolute atomic E-state index is 0.0239. The fourth-order valence-electron chi connectivity index (χ4n) is 11.7. The van der Waals surface area contributed by atoms with E-state index in [9.17, 15) is 0 Å². The molecule has 0 aliphatic carbocycles. The maximum absolute atomic E-state index is 2.62. The first kappa shape index (κ1) is 41.7. The Bertz CT molecular complexity index is 3690. The molecular weight excluding hydrogens is 836 g/mol. The molecule has 5 heteroatoms. The second kappa shape index (κ2) is 14.5. The SMILES string of the molecule is CC(C)(C)c1ccc(N(c2ccc(C(C)(C)C)cc2)c2ccc3c(c2)N(c2ccc4ccccc4c2)c2cc(C(C)(C)C)cc4c2B3c2cccc3c2N4c2cccc4c5ccccc5n-3c24)cc1. The minimum Gasteiger partial charge on any atom is -0.311 e. The Morgan fingerprint density at radius 2 is 0.971 bits per heavy atom. The summed E-state index contributed by atoms with van der Waals surface area (Å²) in [5.74, 6) is 0. The van der Waals surface area contributed by atoms with Crippen molar-refractivity contribution in [2.24, 2.45) is 0 Å². The lowest BCUT2D eigenvalue weighted by molar-refractivity contribution is 0.590. The van der Waals surface area contributed by atoms with Crippen molar-refractivity contribution in [2.45, 2.75) is 78.6 Å². The molecule has 0 N–H and O–H groups in total. The van der Waals surface area contributed by atoms with Crippen LogP contribution in [0.2, 0.25) is 0 Å². The van der Waals surface area contributed by atoms with Gasteiger partial charge in [0.05, 0.1) is 28.1 Å². The van der Waals surface area contributed by atoms with E-state index in [2.05, 4.69) is 264 Å². The van der Waals surface area contributed by atoms with Gasteiger partial charge in [-0.2, -0.15) is 0 Å². The smallest absolute Gasteiger partial charge is 0.252 e. The molecule has 13 rings (SSSR count). The summed E-state index contributed by atoms with van der Waals surface area (Å²) in [6, 6.07) is 69.5. The predicted octanol–water partition coefficient (Wildman–Crippen LogP) is 15.7. The van der Waals surface area contributed by atoms with Gasteiger partial charge in [-0.05, 0) is 139 Å². The Balaban J connectivity index is 1.12. The van der Waals surface area contributed by atoms with Crippen molar-refractivity contribution >= 4 is 107 Å². The Labute approximate surface area is 407 Å². The zero-order valence-corrected chi connectivity index (χ0v) is 41.2. The first-order valence-corrected chi connectivity index (χ1v) is 24.7. The van der Waals surface area contributed by atoms with E-state index in [0.717, 1.165) is 22.7 Å². The van der Waals surface area contributed by atoms with Gasteiger partial charge < -0.3 is 19.3 Å². The van der Waals surface area contributed by atoms with Crippen LogP contribution < -0.4 is 31.1 Å². The molecule has 0 saturated heterocycles. The molecule has 9 aromatic carbocycles. The topological polar surface area (TPSA) is 14.7 Å². The molecule has 0 amide bonds. The van der Waals surface area contributed by atoms with Crippen LogP contribution in [0, 0.1) is 0 Å². The highest BCUT2D eigenvalue weighted by Gasteiger charge is 2.47. The summed E-state index contributed by atoms with van der Waals surface area (Å²) < 4.78 is 2.54. The average Bonchev–Trinajstić information content (AvgIpc) is 3.68. The lowest BCUT2D eigenvalue weighted by Crippen LogP contribution is -2.62. The molecule has 4 heterocycles. The summed E-state index contributed by atoms with van der Waals surface area (Å²) in [5, 5.41) is 5.02. The molecule has 0 atom stereocenters. The third-order valence-corrected chi connectivity index (χ3v) is 15.3. The summed E-state index contributed by atoms with van der Waals surface area (Å²) in [4.78, 5) is 7.67. The Morgan fingerprint density at radius 1 is 0.391 bits per heavy atom. The van der Waals surface area contributed by atoms with E-state index in [1.807, 2.05) is 0 Å². The molecule has 3 aliphatic heterocycles. The highest BCUT2D eigenvalue weighted by molar-refractivity contribution is 7.00. The zero-order valence-electron chi connectivity index (χ0n) is 41.2. The van der Waals surface area contributed by atoms with Gasteiger partial charge in [0.2, 0.25) is 0 Å². The maximum atomic E-state index is 2.62. The largest absolute Gasteiger partial charge is 0.311 e. The van der Waals surface area contributed by atoms with Crippen LogP contribution in [0.15, 0.2) is 182 Å².